The fourth-order valence-corrected chi connectivity index (χ4v) is 1.96. The number of hydrogen-bond acceptors (Lipinski definition) is 3. The number of aliphatic hydroxyl groups is 1. The van der Waals surface area contributed by atoms with Crippen molar-refractivity contribution in [1.29, 1.82) is 0 Å². The summed E-state index contributed by atoms with van der Waals surface area (Å²) >= 11 is 0. The first kappa shape index (κ1) is 12.5. The second kappa shape index (κ2) is 6.83. The Morgan fingerprint density at radius 1 is 1.40 bits per heavy atom. The van der Waals surface area contributed by atoms with E-state index in [9.17, 15) is 9.90 Å². The van der Waals surface area contributed by atoms with Gasteiger partial charge in [0.2, 0.25) is 0 Å². The molecule has 0 aliphatic carbocycles. The van der Waals surface area contributed by atoms with Crippen molar-refractivity contribution in [1.82, 2.24) is 0 Å². The number of carbonyl (C=O) groups is 1. The maximum Gasteiger partial charge on any atom is 0.306 e. The molecular formula is C12H22O3. The van der Waals surface area contributed by atoms with Gasteiger partial charge in [-0.05, 0) is 12.8 Å². The number of hydrogen-bond donors (Lipinski definition) is 1. The standard InChI is InChI=1S/C12H22O3/c1-2-3-4-5-6-7-10(13)11-8-9-12(14)15-11/h10-11,13H,2-9H2,1H3/t10-,11-/m0/s1. The molecule has 0 spiro atoms. The first-order valence-electron chi connectivity index (χ1n) is 6.11. The lowest BCUT2D eigenvalue weighted by Gasteiger charge is -2.16. The van der Waals surface area contributed by atoms with Crippen LogP contribution < -0.4 is 0 Å². The number of unbranched alkanes of at least 4 members (excludes halogenated alkanes) is 4. The highest BCUT2D eigenvalue weighted by Crippen LogP contribution is 2.20. The maximum atomic E-state index is 10.8. The van der Waals surface area contributed by atoms with Gasteiger partial charge in [-0.25, -0.2) is 0 Å². The summed E-state index contributed by atoms with van der Waals surface area (Å²) in [6.07, 6.45) is 7.21. The fourth-order valence-electron chi connectivity index (χ4n) is 1.96. The van der Waals surface area contributed by atoms with Crippen molar-refractivity contribution in [3.63, 3.8) is 0 Å². The van der Waals surface area contributed by atoms with E-state index in [1.807, 2.05) is 0 Å². The number of carbonyl (C=O) groups excluding carboxylic acids is 1. The Morgan fingerprint density at radius 3 is 2.73 bits per heavy atom. The lowest BCUT2D eigenvalue weighted by molar-refractivity contribution is -0.145. The van der Waals surface area contributed by atoms with Crippen LogP contribution in [0.3, 0.4) is 0 Å². The summed E-state index contributed by atoms with van der Waals surface area (Å²) in [7, 11) is 0. The lowest BCUT2D eigenvalue weighted by atomic mass is 10.0. The summed E-state index contributed by atoms with van der Waals surface area (Å²) < 4.78 is 5.01. The third-order valence-corrected chi connectivity index (χ3v) is 2.95. The third kappa shape index (κ3) is 4.65. The van der Waals surface area contributed by atoms with Gasteiger partial charge in [-0.15, -0.1) is 0 Å². The van der Waals surface area contributed by atoms with Crippen molar-refractivity contribution < 1.29 is 14.6 Å². The summed E-state index contributed by atoms with van der Waals surface area (Å²) in [5.41, 5.74) is 0. The van der Waals surface area contributed by atoms with Gasteiger partial charge < -0.3 is 9.84 Å². The number of aliphatic hydroxyl groups excluding tert-OH is 1. The smallest absolute Gasteiger partial charge is 0.306 e. The molecule has 1 fully saturated rings. The zero-order valence-corrected chi connectivity index (χ0v) is 9.58. The van der Waals surface area contributed by atoms with E-state index in [2.05, 4.69) is 6.92 Å². The van der Waals surface area contributed by atoms with Gasteiger partial charge in [-0.2, -0.15) is 0 Å². The van der Waals surface area contributed by atoms with Gasteiger partial charge in [0.15, 0.2) is 0 Å². The molecule has 0 aromatic rings. The Balaban J connectivity index is 2.03. The van der Waals surface area contributed by atoms with Crippen LogP contribution in [0.5, 0.6) is 0 Å². The molecule has 1 N–H and O–H groups in total. The van der Waals surface area contributed by atoms with Crippen LogP contribution in [-0.4, -0.2) is 23.3 Å². The molecule has 1 heterocycles. The van der Waals surface area contributed by atoms with Crippen LogP contribution >= 0.6 is 0 Å². The number of ether oxygens (including phenoxy) is 1. The van der Waals surface area contributed by atoms with E-state index in [0.717, 1.165) is 12.8 Å². The topological polar surface area (TPSA) is 46.5 Å². The molecule has 1 aliphatic heterocycles. The normalized spacial score (nSPS) is 22.8. The minimum atomic E-state index is -0.446. The van der Waals surface area contributed by atoms with Crippen LogP contribution in [0.25, 0.3) is 0 Å². The van der Waals surface area contributed by atoms with Crippen molar-refractivity contribution in [2.75, 3.05) is 0 Å². The first-order chi connectivity index (χ1) is 7.24. The van der Waals surface area contributed by atoms with Crippen molar-refractivity contribution in [2.24, 2.45) is 0 Å². The number of cyclic esters (lactones) is 1. The monoisotopic (exact) mass is 214 g/mol. The largest absolute Gasteiger partial charge is 0.460 e. The summed E-state index contributed by atoms with van der Waals surface area (Å²) in [4.78, 5) is 10.8. The molecule has 0 aromatic carbocycles. The van der Waals surface area contributed by atoms with Gasteiger partial charge >= 0.3 is 5.97 Å². The molecule has 0 amide bonds. The summed E-state index contributed by atoms with van der Waals surface area (Å²) in [6.45, 7) is 2.19. The molecule has 0 unspecified atom stereocenters. The first-order valence-corrected chi connectivity index (χ1v) is 6.11. The van der Waals surface area contributed by atoms with Gasteiger partial charge in [0.25, 0.3) is 0 Å². The molecule has 3 nitrogen and oxygen atoms in total. The quantitative estimate of drug-likeness (QED) is 0.523. The van der Waals surface area contributed by atoms with E-state index in [1.54, 1.807) is 0 Å². The predicted molar refractivity (Wildman–Crippen MR) is 58.5 cm³/mol. The Hall–Kier alpha value is -0.570. The van der Waals surface area contributed by atoms with Crippen LogP contribution in [0.2, 0.25) is 0 Å². The maximum absolute atomic E-state index is 10.8. The zero-order valence-electron chi connectivity index (χ0n) is 9.58. The Labute approximate surface area is 91.8 Å². The second-order valence-corrected chi connectivity index (χ2v) is 4.34. The summed E-state index contributed by atoms with van der Waals surface area (Å²) in [5, 5.41) is 9.75. The molecule has 3 heteroatoms. The van der Waals surface area contributed by atoms with E-state index in [1.165, 1.54) is 25.7 Å². The van der Waals surface area contributed by atoms with Crippen molar-refractivity contribution >= 4 is 5.97 Å². The van der Waals surface area contributed by atoms with Crippen molar-refractivity contribution in [3.8, 4) is 0 Å². The molecule has 88 valence electrons. The van der Waals surface area contributed by atoms with Gasteiger partial charge in [0.05, 0.1) is 6.10 Å². The molecule has 1 rings (SSSR count). The van der Waals surface area contributed by atoms with Gasteiger partial charge in [0, 0.05) is 6.42 Å². The highest BCUT2D eigenvalue weighted by molar-refractivity contribution is 5.71. The minimum Gasteiger partial charge on any atom is -0.460 e. The molecule has 0 radical (unpaired) electrons. The molecule has 1 saturated heterocycles. The van der Waals surface area contributed by atoms with Crippen LogP contribution in [0, 0.1) is 0 Å². The number of esters is 1. The predicted octanol–water partition coefficient (Wildman–Crippen LogP) is 2.41. The van der Waals surface area contributed by atoms with E-state index in [0.29, 0.717) is 12.8 Å². The number of rotatable bonds is 7. The molecule has 0 aromatic heterocycles. The van der Waals surface area contributed by atoms with E-state index < -0.39 is 6.10 Å². The minimum absolute atomic E-state index is 0.162. The molecule has 0 bridgehead atoms. The average molecular weight is 214 g/mol. The average Bonchev–Trinajstić information content (AvgIpc) is 2.64. The Morgan fingerprint density at radius 2 is 2.13 bits per heavy atom. The molecule has 1 aliphatic rings. The van der Waals surface area contributed by atoms with Crippen LogP contribution in [-0.2, 0) is 9.53 Å². The molecule has 15 heavy (non-hydrogen) atoms. The van der Waals surface area contributed by atoms with E-state index in [4.69, 9.17) is 4.74 Å². The molecule has 0 saturated carbocycles. The summed E-state index contributed by atoms with van der Waals surface area (Å²) in [5.74, 6) is -0.162. The van der Waals surface area contributed by atoms with E-state index >= 15 is 0 Å². The molecular weight excluding hydrogens is 192 g/mol. The highest BCUT2D eigenvalue weighted by Gasteiger charge is 2.29. The van der Waals surface area contributed by atoms with Crippen molar-refractivity contribution in [2.45, 2.75) is 70.5 Å². The summed E-state index contributed by atoms with van der Waals surface area (Å²) in [6, 6.07) is 0. The van der Waals surface area contributed by atoms with Gasteiger partial charge in [-0.3, -0.25) is 4.79 Å². The van der Waals surface area contributed by atoms with Gasteiger partial charge in [-0.1, -0.05) is 39.0 Å². The second-order valence-electron chi connectivity index (χ2n) is 4.34. The zero-order chi connectivity index (χ0) is 11.1. The highest BCUT2D eigenvalue weighted by atomic mass is 16.6. The fraction of sp³-hybridized carbons (Fsp3) is 0.917. The van der Waals surface area contributed by atoms with Crippen LogP contribution in [0.4, 0.5) is 0 Å². The lowest BCUT2D eigenvalue weighted by Crippen LogP contribution is -2.25. The van der Waals surface area contributed by atoms with Crippen LogP contribution in [0.1, 0.15) is 58.3 Å². The third-order valence-electron chi connectivity index (χ3n) is 2.95. The Kier molecular flexibility index (Phi) is 5.69. The Bertz CT molecular complexity index is 191. The van der Waals surface area contributed by atoms with Crippen molar-refractivity contribution in [3.05, 3.63) is 0 Å². The van der Waals surface area contributed by atoms with Crippen LogP contribution in [0.15, 0.2) is 0 Å². The van der Waals surface area contributed by atoms with E-state index in [-0.39, 0.29) is 12.1 Å². The molecule has 2 atom stereocenters. The SMILES string of the molecule is CCCCCCC[C@H](O)[C@@H]1CCC(=O)O1. The van der Waals surface area contributed by atoms with Gasteiger partial charge in [0.1, 0.15) is 6.10 Å².